The van der Waals surface area contributed by atoms with E-state index in [2.05, 4.69) is 27.3 Å². The summed E-state index contributed by atoms with van der Waals surface area (Å²) in [7, 11) is 1.70. The Bertz CT molecular complexity index is 801. The van der Waals surface area contributed by atoms with Crippen molar-refractivity contribution >= 4 is 5.91 Å². The number of methoxy groups -OCH3 is 1. The fraction of sp³-hybridized carbons (Fsp3) is 0.478. The molecule has 5 nitrogen and oxygen atoms in total. The Morgan fingerprint density at radius 3 is 2.68 bits per heavy atom. The molecule has 1 spiro atoms. The second kappa shape index (κ2) is 8.31. The molecule has 4 rings (SSSR count). The minimum absolute atomic E-state index is 0.0501. The maximum atomic E-state index is 12.6. The van der Waals surface area contributed by atoms with Gasteiger partial charge in [-0.25, -0.2) is 0 Å². The van der Waals surface area contributed by atoms with E-state index in [0.29, 0.717) is 24.9 Å². The van der Waals surface area contributed by atoms with Crippen LogP contribution >= 0.6 is 0 Å². The summed E-state index contributed by atoms with van der Waals surface area (Å²) in [4.78, 5) is 18.8. The molecule has 1 aliphatic heterocycles. The van der Waals surface area contributed by atoms with E-state index >= 15 is 0 Å². The number of likely N-dealkylation sites (tertiary alicyclic amines) is 1. The first-order chi connectivity index (χ1) is 13.7. The van der Waals surface area contributed by atoms with Crippen LogP contribution in [-0.4, -0.2) is 34.5 Å². The lowest BCUT2D eigenvalue weighted by Gasteiger charge is -2.44. The Kier molecular flexibility index (Phi) is 5.62. The first-order valence-electron chi connectivity index (χ1n) is 10.2. The molecule has 5 heteroatoms. The van der Waals surface area contributed by atoms with Crippen LogP contribution in [0.2, 0.25) is 0 Å². The van der Waals surface area contributed by atoms with Crippen LogP contribution in [0.25, 0.3) is 0 Å². The number of nitrogens with zero attached hydrogens (tertiary/aromatic N) is 2. The van der Waals surface area contributed by atoms with Crippen molar-refractivity contribution in [3.8, 4) is 5.75 Å². The van der Waals surface area contributed by atoms with Crippen molar-refractivity contribution in [2.45, 2.75) is 63.2 Å². The average Bonchev–Trinajstić information content (AvgIpc) is 3.04. The number of hydrogen-bond donors (Lipinski definition) is 1. The highest BCUT2D eigenvalue weighted by Crippen LogP contribution is 2.43. The van der Waals surface area contributed by atoms with E-state index in [1.54, 1.807) is 7.11 Å². The number of rotatable bonds is 6. The van der Waals surface area contributed by atoms with Gasteiger partial charge in [0.25, 0.3) is 0 Å². The number of carbonyl (C=O) groups excluding carboxylic acids is 1. The van der Waals surface area contributed by atoms with Crippen LogP contribution in [0, 0.1) is 0 Å². The normalized spacial score (nSPS) is 24.7. The van der Waals surface area contributed by atoms with Gasteiger partial charge >= 0.3 is 0 Å². The summed E-state index contributed by atoms with van der Waals surface area (Å²) in [5.41, 5.74) is 2.46. The highest BCUT2D eigenvalue weighted by Gasteiger charge is 2.46. The zero-order chi connectivity index (χ0) is 19.4. The molecule has 1 aliphatic carbocycles. The van der Waals surface area contributed by atoms with Crippen LogP contribution < -0.4 is 10.1 Å². The van der Waals surface area contributed by atoms with Gasteiger partial charge in [0.1, 0.15) is 5.75 Å². The minimum atomic E-state index is 0.0501. The van der Waals surface area contributed by atoms with E-state index in [1.165, 1.54) is 11.1 Å². The van der Waals surface area contributed by atoms with Gasteiger partial charge in [-0.05, 0) is 67.5 Å². The Morgan fingerprint density at radius 1 is 1.14 bits per heavy atom. The van der Waals surface area contributed by atoms with Crippen LogP contribution in [0.3, 0.4) is 0 Å². The van der Waals surface area contributed by atoms with Gasteiger partial charge in [-0.15, -0.1) is 0 Å². The van der Waals surface area contributed by atoms with Gasteiger partial charge in [0.05, 0.1) is 7.11 Å². The van der Waals surface area contributed by atoms with Gasteiger partial charge in [-0.2, -0.15) is 0 Å². The molecule has 1 aromatic heterocycles. The van der Waals surface area contributed by atoms with Crippen molar-refractivity contribution in [2.75, 3.05) is 7.11 Å². The summed E-state index contributed by atoms with van der Waals surface area (Å²) < 4.78 is 5.31. The molecule has 0 bridgehead atoms. The Morgan fingerprint density at radius 2 is 1.93 bits per heavy atom. The molecule has 1 saturated heterocycles. The van der Waals surface area contributed by atoms with Crippen LogP contribution in [-0.2, 0) is 17.9 Å². The number of amides is 1. The zero-order valence-electron chi connectivity index (χ0n) is 16.6. The summed E-state index contributed by atoms with van der Waals surface area (Å²) in [5.74, 6) is 1.21. The standard InChI is InChI=1S/C23H29N3O2/c1-28-21-4-2-3-19(15-21)16-25-20-5-10-23(11-6-20)12-7-22(27)26(23)17-18-8-13-24-14-9-18/h2-4,8-9,13-15,20,25H,5-7,10-12,16-17H2,1H3. The second-order valence-corrected chi connectivity index (χ2v) is 8.07. The lowest BCUT2D eigenvalue weighted by Crippen LogP contribution is -2.50. The predicted octanol–water partition coefficient (Wildman–Crippen LogP) is 3.68. The van der Waals surface area contributed by atoms with Gasteiger partial charge in [-0.3, -0.25) is 9.78 Å². The third kappa shape index (κ3) is 4.04. The van der Waals surface area contributed by atoms with Crippen LogP contribution in [0.15, 0.2) is 48.8 Å². The molecule has 0 unspecified atom stereocenters. The van der Waals surface area contributed by atoms with Gasteiger partial charge in [0.15, 0.2) is 0 Å². The fourth-order valence-corrected chi connectivity index (χ4v) is 4.72. The molecule has 2 aliphatic rings. The number of nitrogens with one attached hydrogen (secondary N) is 1. The lowest BCUT2D eigenvalue weighted by molar-refractivity contribution is -0.133. The molecule has 148 valence electrons. The quantitative estimate of drug-likeness (QED) is 0.832. The minimum Gasteiger partial charge on any atom is -0.497 e. The van der Waals surface area contributed by atoms with E-state index in [4.69, 9.17) is 4.74 Å². The molecule has 1 saturated carbocycles. The van der Waals surface area contributed by atoms with E-state index in [-0.39, 0.29) is 5.54 Å². The van der Waals surface area contributed by atoms with Gasteiger partial charge in [-0.1, -0.05) is 12.1 Å². The van der Waals surface area contributed by atoms with Crippen LogP contribution in [0.1, 0.15) is 49.7 Å². The van der Waals surface area contributed by atoms with E-state index < -0.39 is 0 Å². The number of carbonyl (C=O) groups is 1. The fourth-order valence-electron chi connectivity index (χ4n) is 4.72. The van der Waals surface area contributed by atoms with Crippen molar-refractivity contribution in [1.82, 2.24) is 15.2 Å². The first-order valence-corrected chi connectivity index (χ1v) is 10.2. The Hall–Kier alpha value is -2.40. The predicted molar refractivity (Wildman–Crippen MR) is 109 cm³/mol. The molecule has 0 radical (unpaired) electrons. The van der Waals surface area contributed by atoms with Gasteiger partial charge < -0.3 is 15.0 Å². The summed E-state index contributed by atoms with van der Waals surface area (Å²) >= 11 is 0. The number of hydrogen-bond acceptors (Lipinski definition) is 4. The summed E-state index contributed by atoms with van der Waals surface area (Å²) in [6.45, 7) is 1.57. The zero-order valence-corrected chi connectivity index (χ0v) is 16.6. The lowest BCUT2D eigenvalue weighted by atomic mass is 9.77. The Balaban J connectivity index is 1.34. The van der Waals surface area contributed by atoms with Gasteiger partial charge in [0, 0.05) is 43.5 Å². The van der Waals surface area contributed by atoms with Crippen LogP contribution in [0.5, 0.6) is 5.75 Å². The molecule has 2 aromatic rings. The van der Waals surface area contributed by atoms with Crippen LogP contribution in [0.4, 0.5) is 0 Å². The van der Waals surface area contributed by atoms with Gasteiger partial charge in [0.2, 0.25) is 5.91 Å². The molecule has 1 aromatic carbocycles. The summed E-state index contributed by atoms with van der Waals surface area (Å²) in [5, 5.41) is 3.70. The Labute approximate surface area is 167 Å². The SMILES string of the molecule is COc1cccc(CNC2CCC3(CCC(=O)N3Cc3ccncc3)CC2)c1. The molecular formula is C23H29N3O2. The van der Waals surface area contributed by atoms with Crippen molar-refractivity contribution in [3.05, 3.63) is 59.9 Å². The van der Waals surface area contributed by atoms with Crippen molar-refractivity contribution < 1.29 is 9.53 Å². The van der Waals surface area contributed by atoms with E-state index in [1.807, 2.05) is 36.7 Å². The second-order valence-electron chi connectivity index (χ2n) is 8.07. The highest BCUT2D eigenvalue weighted by molar-refractivity contribution is 5.79. The maximum Gasteiger partial charge on any atom is 0.223 e. The third-order valence-corrected chi connectivity index (χ3v) is 6.41. The maximum absolute atomic E-state index is 12.6. The molecule has 1 amide bonds. The first kappa shape index (κ1) is 18.9. The molecule has 0 atom stereocenters. The third-order valence-electron chi connectivity index (χ3n) is 6.41. The number of benzene rings is 1. The molecule has 2 heterocycles. The average molecular weight is 380 g/mol. The molecular weight excluding hydrogens is 350 g/mol. The molecule has 1 N–H and O–H groups in total. The smallest absolute Gasteiger partial charge is 0.223 e. The number of ether oxygens (including phenoxy) is 1. The van der Waals surface area contributed by atoms with Crippen molar-refractivity contribution in [3.63, 3.8) is 0 Å². The largest absolute Gasteiger partial charge is 0.497 e. The summed E-state index contributed by atoms with van der Waals surface area (Å²) in [6.07, 6.45) is 9.70. The monoisotopic (exact) mass is 379 g/mol. The molecule has 2 fully saturated rings. The number of aromatic nitrogens is 1. The van der Waals surface area contributed by atoms with Crippen molar-refractivity contribution in [1.29, 1.82) is 0 Å². The highest BCUT2D eigenvalue weighted by atomic mass is 16.5. The topological polar surface area (TPSA) is 54.5 Å². The van der Waals surface area contributed by atoms with Crippen molar-refractivity contribution in [2.24, 2.45) is 0 Å². The summed E-state index contributed by atoms with van der Waals surface area (Å²) in [6, 6.07) is 12.8. The number of pyridine rings is 1. The van der Waals surface area contributed by atoms with E-state index in [0.717, 1.165) is 44.4 Å². The molecule has 28 heavy (non-hydrogen) atoms. The van der Waals surface area contributed by atoms with E-state index in [9.17, 15) is 4.79 Å².